The highest BCUT2D eigenvalue weighted by Crippen LogP contribution is 2.39. The number of aliphatic hydroxyl groups excluding tert-OH is 1. The van der Waals surface area contributed by atoms with Gasteiger partial charge in [-0.25, -0.2) is 4.79 Å². The normalized spacial score (nSPS) is 16.4. The number of benzene rings is 1. The Balaban J connectivity index is 2.21. The lowest BCUT2D eigenvalue weighted by Gasteiger charge is -2.30. The molecule has 1 aromatic carbocycles. The van der Waals surface area contributed by atoms with Gasteiger partial charge in [-0.1, -0.05) is 11.6 Å². The van der Waals surface area contributed by atoms with Gasteiger partial charge in [-0.3, -0.25) is 4.98 Å². The van der Waals surface area contributed by atoms with Crippen LogP contribution in [0.1, 0.15) is 33.3 Å². The number of halogens is 1. The lowest BCUT2D eigenvalue weighted by molar-refractivity contribution is 0.0518. The fourth-order valence-electron chi connectivity index (χ4n) is 2.76. The van der Waals surface area contributed by atoms with Crippen molar-refractivity contribution in [1.29, 1.82) is 0 Å². The first-order chi connectivity index (χ1) is 11.4. The molecule has 2 heterocycles. The quantitative estimate of drug-likeness (QED) is 0.889. The Labute approximate surface area is 143 Å². The lowest BCUT2D eigenvalue weighted by Crippen LogP contribution is -2.24. The summed E-state index contributed by atoms with van der Waals surface area (Å²) in [6, 6.07) is 4.99. The zero-order valence-corrected chi connectivity index (χ0v) is 13.8. The maximum absolute atomic E-state index is 11.4. The number of nitrogens with zero attached hydrogens (tertiary/aromatic N) is 2. The Hall–Kier alpha value is -2.57. The SMILES string of the molecule is COc1cc(C2=CN(C)C(O)c3cnccc32)cc(Cl)c1C(=O)O. The van der Waals surface area contributed by atoms with Crippen molar-refractivity contribution in [3.8, 4) is 5.75 Å². The number of aromatic carboxylic acids is 1. The maximum atomic E-state index is 11.4. The number of methoxy groups -OCH3 is 1. The molecule has 0 radical (unpaired) electrons. The van der Waals surface area contributed by atoms with Crippen molar-refractivity contribution < 1.29 is 19.7 Å². The molecule has 24 heavy (non-hydrogen) atoms. The topological polar surface area (TPSA) is 82.9 Å². The zero-order chi connectivity index (χ0) is 17.4. The van der Waals surface area contributed by atoms with Crippen LogP contribution in [0, 0.1) is 0 Å². The summed E-state index contributed by atoms with van der Waals surface area (Å²) in [5.74, 6) is -0.978. The number of hydrogen-bond acceptors (Lipinski definition) is 5. The van der Waals surface area contributed by atoms with E-state index in [0.717, 1.165) is 11.1 Å². The average Bonchev–Trinajstić information content (AvgIpc) is 2.57. The van der Waals surface area contributed by atoms with E-state index in [9.17, 15) is 15.0 Å². The molecular weight excluding hydrogens is 332 g/mol. The molecule has 1 aliphatic rings. The van der Waals surface area contributed by atoms with Crippen molar-refractivity contribution in [1.82, 2.24) is 9.88 Å². The molecule has 1 aliphatic heterocycles. The van der Waals surface area contributed by atoms with E-state index >= 15 is 0 Å². The van der Waals surface area contributed by atoms with E-state index in [4.69, 9.17) is 16.3 Å². The van der Waals surface area contributed by atoms with Gasteiger partial charge in [0.2, 0.25) is 0 Å². The number of aliphatic hydroxyl groups is 1. The molecule has 2 aromatic rings. The van der Waals surface area contributed by atoms with E-state index in [-0.39, 0.29) is 16.3 Å². The zero-order valence-electron chi connectivity index (χ0n) is 13.0. The van der Waals surface area contributed by atoms with Gasteiger partial charge in [0.15, 0.2) is 6.23 Å². The van der Waals surface area contributed by atoms with Crippen molar-refractivity contribution >= 4 is 23.1 Å². The Kier molecular flexibility index (Phi) is 4.17. The van der Waals surface area contributed by atoms with Gasteiger partial charge in [0, 0.05) is 36.8 Å². The lowest BCUT2D eigenvalue weighted by atomic mass is 9.91. The molecule has 124 valence electrons. The summed E-state index contributed by atoms with van der Waals surface area (Å²) in [6.07, 6.45) is 4.22. The first-order valence-corrected chi connectivity index (χ1v) is 7.49. The van der Waals surface area contributed by atoms with Gasteiger partial charge < -0.3 is 19.8 Å². The molecule has 0 spiro atoms. The third-order valence-corrected chi connectivity index (χ3v) is 4.24. The molecule has 0 fully saturated rings. The van der Waals surface area contributed by atoms with Crippen LogP contribution in [0.5, 0.6) is 5.75 Å². The highest BCUT2D eigenvalue weighted by atomic mass is 35.5. The summed E-state index contributed by atoms with van der Waals surface area (Å²) in [6.45, 7) is 0. The molecular formula is C17H15ClN2O4. The molecule has 0 saturated heterocycles. The monoisotopic (exact) mass is 346 g/mol. The van der Waals surface area contributed by atoms with Gasteiger partial charge >= 0.3 is 5.97 Å². The molecule has 0 saturated carbocycles. The largest absolute Gasteiger partial charge is 0.496 e. The van der Waals surface area contributed by atoms with Gasteiger partial charge in [0.25, 0.3) is 0 Å². The van der Waals surface area contributed by atoms with Crippen molar-refractivity contribution in [2.45, 2.75) is 6.23 Å². The number of ether oxygens (including phenoxy) is 1. The molecule has 3 rings (SSSR count). The Morgan fingerprint density at radius 3 is 2.83 bits per heavy atom. The Morgan fingerprint density at radius 1 is 1.42 bits per heavy atom. The minimum atomic E-state index is -1.15. The fourth-order valence-corrected chi connectivity index (χ4v) is 3.05. The van der Waals surface area contributed by atoms with Gasteiger partial charge in [0.1, 0.15) is 11.3 Å². The Bertz CT molecular complexity index is 850. The third kappa shape index (κ3) is 2.60. The first kappa shape index (κ1) is 16.3. The molecule has 1 aromatic heterocycles. The summed E-state index contributed by atoms with van der Waals surface area (Å²) in [7, 11) is 3.13. The van der Waals surface area contributed by atoms with Crippen LogP contribution in [-0.2, 0) is 0 Å². The summed E-state index contributed by atoms with van der Waals surface area (Å²) in [4.78, 5) is 17.1. The highest BCUT2D eigenvalue weighted by Gasteiger charge is 2.26. The average molecular weight is 347 g/mol. The van der Waals surface area contributed by atoms with E-state index in [2.05, 4.69) is 4.98 Å². The molecule has 0 aliphatic carbocycles. The van der Waals surface area contributed by atoms with E-state index in [1.165, 1.54) is 7.11 Å². The highest BCUT2D eigenvalue weighted by molar-refractivity contribution is 6.34. The van der Waals surface area contributed by atoms with E-state index in [0.29, 0.717) is 11.1 Å². The van der Waals surface area contributed by atoms with Gasteiger partial charge in [-0.05, 0) is 29.3 Å². The molecule has 2 N–H and O–H groups in total. The predicted molar refractivity (Wildman–Crippen MR) is 89.0 cm³/mol. The second-order valence-electron chi connectivity index (χ2n) is 5.39. The molecule has 1 atom stereocenters. The second-order valence-corrected chi connectivity index (χ2v) is 5.79. The number of carbonyl (C=O) groups is 1. The minimum absolute atomic E-state index is 0.0809. The van der Waals surface area contributed by atoms with Crippen molar-refractivity contribution in [3.63, 3.8) is 0 Å². The minimum Gasteiger partial charge on any atom is -0.496 e. The summed E-state index contributed by atoms with van der Waals surface area (Å²) in [5.41, 5.74) is 2.86. The standard InChI is InChI=1S/C17H15ClN2O4/c1-20-8-12(10-3-4-19-7-11(10)16(20)21)9-5-13(18)15(17(22)23)14(6-9)24-2/h3-8,16,21H,1-2H3,(H,22,23). The second kappa shape index (κ2) is 6.14. The molecule has 6 nitrogen and oxygen atoms in total. The van der Waals surface area contributed by atoms with Crippen LogP contribution in [0.15, 0.2) is 36.8 Å². The van der Waals surface area contributed by atoms with Crippen molar-refractivity contribution in [2.75, 3.05) is 14.2 Å². The van der Waals surface area contributed by atoms with Crippen LogP contribution >= 0.6 is 11.6 Å². The predicted octanol–water partition coefficient (Wildman–Crippen LogP) is 2.77. The number of carboxylic acid groups (broad SMARTS) is 1. The van der Waals surface area contributed by atoms with E-state index in [1.54, 1.807) is 48.7 Å². The number of rotatable bonds is 3. The number of fused-ring (bicyclic) bond motifs is 1. The Morgan fingerprint density at radius 2 is 2.17 bits per heavy atom. The molecule has 0 amide bonds. The number of pyridine rings is 1. The van der Waals surface area contributed by atoms with Crippen molar-refractivity contribution in [3.05, 3.63) is 64.1 Å². The van der Waals surface area contributed by atoms with Crippen LogP contribution < -0.4 is 4.74 Å². The maximum Gasteiger partial charge on any atom is 0.341 e. The molecule has 1 unspecified atom stereocenters. The first-order valence-electron chi connectivity index (χ1n) is 7.11. The third-order valence-electron chi connectivity index (χ3n) is 3.94. The van der Waals surface area contributed by atoms with Crippen LogP contribution in [0.2, 0.25) is 5.02 Å². The summed E-state index contributed by atoms with van der Waals surface area (Å²) >= 11 is 6.16. The van der Waals surface area contributed by atoms with Crippen LogP contribution in [0.4, 0.5) is 0 Å². The van der Waals surface area contributed by atoms with Gasteiger partial charge in [0.05, 0.1) is 12.1 Å². The number of carboxylic acids is 1. The van der Waals surface area contributed by atoms with E-state index < -0.39 is 12.2 Å². The van der Waals surface area contributed by atoms with Gasteiger partial charge in [-0.15, -0.1) is 0 Å². The molecule has 7 heteroatoms. The van der Waals surface area contributed by atoms with Gasteiger partial charge in [-0.2, -0.15) is 0 Å². The fraction of sp³-hybridized carbons (Fsp3) is 0.176. The summed E-state index contributed by atoms with van der Waals surface area (Å²) in [5, 5.41) is 19.6. The van der Waals surface area contributed by atoms with Crippen LogP contribution in [-0.4, -0.2) is 40.2 Å². The molecule has 0 bridgehead atoms. The van der Waals surface area contributed by atoms with Crippen molar-refractivity contribution in [2.24, 2.45) is 0 Å². The van der Waals surface area contributed by atoms with Crippen LogP contribution in [0.3, 0.4) is 0 Å². The number of hydrogen-bond donors (Lipinski definition) is 2. The summed E-state index contributed by atoms with van der Waals surface area (Å²) < 4.78 is 5.19. The number of aromatic nitrogens is 1. The smallest absolute Gasteiger partial charge is 0.341 e. The van der Waals surface area contributed by atoms with E-state index in [1.807, 2.05) is 0 Å². The van der Waals surface area contributed by atoms with Crippen LogP contribution in [0.25, 0.3) is 5.57 Å².